The molecule has 1 atom stereocenters. The Morgan fingerprint density at radius 2 is 0.909 bits per heavy atom. The second kappa shape index (κ2) is 19.0. The van der Waals surface area contributed by atoms with Crippen molar-refractivity contribution in [1.82, 2.24) is 0 Å². The highest BCUT2D eigenvalue weighted by Crippen LogP contribution is 2.14. The molecule has 2 N–H and O–H groups in total. The monoisotopic (exact) mass is 314 g/mol. The van der Waals surface area contributed by atoms with E-state index < -0.39 is 0 Å². The van der Waals surface area contributed by atoms with Gasteiger partial charge in [0.05, 0.1) is 6.10 Å². The number of hydrogen-bond donors (Lipinski definition) is 2. The zero-order valence-corrected chi connectivity index (χ0v) is 15.2. The van der Waals surface area contributed by atoms with Crippen molar-refractivity contribution in [3.63, 3.8) is 0 Å². The lowest BCUT2D eigenvalue weighted by atomic mass is 10.0. The van der Waals surface area contributed by atoms with Crippen molar-refractivity contribution in [3.05, 3.63) is 0 Å². The number of aliphatic hydroxyl groups is 2. The molecule has 0 bridgehead atoms. The van der Waals surface area contributed by atoms with E-state index in [0.29, 0.717) is 6.61 Å². The fraction of sp³-hybridized carbons (Fsp3) is 1.00. The Morgan fingerprint density at radius 3 is 1.32 bits per heavy atom. The molecule has 0 aromatic carbocycles. The van der Waals surface area contributed by atoms with Crippen LogP contribution in [0.1, 0.15) is 116 Å². The predicted molar refractivity (Wildman–Crippen MR) is 97.3 cm³/mol. The SMILES string of the molecule is CCCCCC(O)CCCCCCCCCCCCCCO. The molecule has 0 aromatic rings. The van der Waals surface area contributed by atoms with Crippen LogP contribution in [0.3, 0.4) is 0 Å². The maximum absolute atomic E-state index is 9.84. The van der Waals surface area contributed by atoms with Crippen molar-refractivity contribution in [2.24, 2.45) is 0 Å². The van der Waals surface area contributed by atoms with E-state index in [1.165, 1.54) is 89.9 Å². The lowest BCUT2D eigenvalue weighted by Gasteiger charge is -2.09. The molecule has 0 aliphatic heterocycles. The third-order valence-corrected chi connectivity index (χ3v) is 4.59. The third kappa shape index (κ3) is 18.0. The van der Waals surface area contributed by atoms with E-state index in [4.69, 9.17) is 5.11 Å². The molecule has 0 rings (SSSR count). The lowest BCUT2D eigenvalue weighted by molar-refractivity contribution is 0.147. The van der Waals surface area contributed by atoms with Crippen molar-refractivity contribution in [1.29, 1.82) is 0 Å². The topological polar surface area (TPSA) is 40.5 Å². The molecule has 2 heteroatoms. The van der Waals surface area contributed by atoms with Gasteiger partial charge in [-0.1, -0.05) is 96.8 Å². The Hall–Kier alpha value is -0.0800. The van der Waals surface area contributed by atoms with E-state index in [1.807, 2.05) is 0 Å². The Bertz CT molecular complexity index is 194. The van der Waals surface area contributed by atoms with Crippen molar-refractivity contribution < 1.29 is 10.2 Å². The van der Waals surface area contributed by atoms with Crippen LogP contribution < -0.4 is 0 Å². The van der Waals surface area contributed by atoms with Crippen LogP contribution in [0.25, 0.3) is 0 Å². The number of unbranched alkanes of at least 4 members (excludes halogenated alkanes) is 13. The average Bonchev–Trinajstić information content (AvgIpc) is 2.52. The smallest absolute Gasteiger partial charge is 0.0540 e. The minimum atomic E-state index is -0.0441. The van der Waals surface area contributed by atoms with Gasteiger partial charge in [0.2, 0.25) is 0 Å². The molecule has 2 nitrogen and oxygen atoms in total. The van der Waals surface area contributed by atoms with Crippen LogP contribution in [0.4, 0.5) is 0 Å². The summed E-state index contributed by atoms with van der Waals surface area (Å²) in [5, 5.41) is 18.5. The molecule has 22 heavy (non-hydrogen) atoms. The van der Waals surface area contributed by atoms with Crippen LogP contribution in [0.2, 0.25) is 0 Å². The van der Waals surface area contributed by atoms with Gasteiger partial charge in [-0.25, -0.2) is 0 Å². The van der Waals surface area contributed by atoms with Crippen molar-refractivity contribution in [2.75, 3.05) is 6.61 Å². The van der Waals surface area contributed by atoms with Gasteiger partial charge < -0.3 is 10.2 Å². The molecule has 0 fully saturated rings. The standard InChI is InChI=1S/C20H42O2/c1-2-3-14-17-20(22)18-15-12-10-8-6-4-5-7-9-11-13-16-19-21/h20-22H,2-19H2,1H3. The van der Waals surface area contributed by atoms with Crippen LogP contribution in [0.15, 0.2) is 0 Å². The quantitative estimate of drug-likeness (QED) is 0.305. The van der Waals surface area contributed by atoms with Gasteiger partial charge >= 0.3 is 0 Å². The minimum absolute atomic E-state index is 0.0441. The van der Waals surface area contributed by atoms with Crippen LogP contribution >= 0.6 is 0 Å². The van der Waals surface area contributed by atoms with E-state index in [1.54, 1.807) is 0 Å². The van der Waals surface area contributed by atoms with Crippen molar-refractivity contribution >= 4 is 0 Å². The lowest BCUT2D eigenvalue weighted by Crippen LogP contribution is -2.05. The molecule has 0 heterocycles. The largest absolute Gasteiger partial charge is 0.396 e. The summed E-state index contributed by atoms with van der Waals surface area (Å²) in [5.41, 5.74) is 0. The predicted octanol–water partition coefficient (Wildman–Crippen LogP) is 5.99. The molecule has 0 spiro atoms. The Morgan fingerprint density at radius 1 is 0.545 bits per heavy atom. The van der Waals surface area contributed by atoms with Gasteiger partial charge in [-0.3, -0.25) is 0 Å². The normalized spacial score (nSPS) is 12.7. The van der Waals surface area contributed by atoms with Crippen LogP contribution in [0, 0.1) is 0 Å². The van der Waals surface area contributed by atoms with Crippen molar-refractivity contribution in [2.45, 2.75) is 122 Å². The second-order valence-corrected chi connectivity index (χ2v) is 6.90. The first-order valence-corrected chi connectivity index (χ1v) is 10.1. The molecule has 0 radical (unpaired) electrons. The van der Waals surface area contributed by atoms with E-state index in [2.05, 4.69) is 6.92 Å². The summed E-state index contributed by atoms with van der Waals surface area (Å²) in [5.74, 6) is 0. The first-order valence-electron chi connectivity index (χ1n) is 10.1. The molecular formula is C20H42O2. The van der Waals surface area contributed by atoms with E-state index in [0.717, 1.165) is 19.3 Å². The van der Waals surface area contributed by atoms with Gasteiger partial charge in [0.25, 0.3) is 0 Å². The maximum Gasteiger partial charge on any atom is 0.0540 e. The first-order chi connectivity index (χ1) is 10.8. The molecule has 0 saturated heterocycles. The summed E-state index contributed by atoms with van der Waals surface area (Å²) in [6.45, 7) is 2.57. The summed E-state index contributed by atoms with van der Waals surface area (Å²) < 4.78 is 0. The first kappa shape index (κ1) is 21.9. The number of aliphatic hydroxyl groups excluding tert-OH is 2. The molecule has 134 valence electrons. The third-order valence-electron chi connectivity index (χ3n) is 4.59. The zero-order valence-electron chi connectivity index (χ0n) is 15.2. The van der Waals surface area contributed by atoms with Gasteiger partial charge in [-0.05, 0) is 19.3 Å². The van der Waals surface area contributed by atoms with E-state index >= 15 is 0 Å². The van der Waals surface area contributed by atoms with Gasteiger partial charge in [0.1, 0.15) is 0 Å². The minimum Gasteiger partial charge on any atom is -0.396 e. The molecule has 0 aromatic heterocycles. The van der Waals surface area contributed by atoms with Gasteiger partial charge in [-0.15, -0.1) is 0 Å². The van der Waals surface area contributed by atoms with Crippen molar-refractivity contribution in [3.8, 4) is 0 Å². The highest BCUT2D eigenvalue weighted by atomic mass is 16.3. The zero-order chi connectivity index (χ0) is 16.3. The summed E-state index contributed by atoms with van der Waals surface area (Å²) in [4.78, 5) is 0. The van der Waals surface area contributed by atoms with Gasteiger partial charge in [0, 0.05) is 6.61 Å². The van der Waals surface area contributed by atoms with E-state index in [-0.39, 0.29) is 6.10 Å². The fourth-order valence-electron chi connectivity index (χ4n) is 3.03. The summed E-state index contributed by atoms with van der Waals surface area (Å²) in [6.07, 6.45) is 21.2. The highest BCUT2D eigenvalue weighted by molar-refractivity contribution is 4.57. The molecule has 0 aliphatic carbocycles. The molecule has 0 aliphatic rings. The Balaban J connectivity index is 3.05. The van der Waals surface area contributed by atoms with Crippen LogP contribution in [0.5, 0.6) is 0 Å². The maximum atomic E-state index is 9.84. The highest BCUT2D eigenvalue weighted by Gasteiger charge is 2.03. The molecular weight excluding hydrogens is 272 g/mol. The fourth-order valence-corrected chi connectivity index (χ4v) is 3.03. The van der Waals surface area contributed by atoms with Crippen LogP contribution in [-0.2, 0) is 0 Å². The average molecular weight is 315 g/mol. The molecule has 0 amide bonds. The van der Waals surface area contributed by atoms with Gasteiger partial charge in [0.15, 0.2) is 0 Å². The summed E-state index contributed by atoms with van der Waals surface area (Å²) in [7, 11) is 0. The Labute approximate surface area is 139 Å². The summed E-state index contributed by atoms with van der Waals surface area (Å²) >= 11 is 0. The number of hydrogen-bond acceptors (Lipinski definition) is 2. The van der Waals surface area contributed by atoms with E-state index in [9.17, 15) is 5.11 Å². The second-order valence-electron chi connectivity index (χ2n) is 6.90. The molecule has 0 saturated carbocycles. The molecule has 1 unspecified atom stereocenters. The van der Waals surface area contributed by atoms with Gasteiger partial charge in [-0.2, -0.15) is 0 Å². The number of rotatable bonds is 18. The van der Waals surface area contributed by atoms with Crippen LogP contribution in [-0.4, -0.2) is 22.9 Å². The summed E-state index contributed by atoms with van der Waals surface area (Å²) in [6, 6.07) is 0. The Kier molecular flexibility index (Phi) is 18.9.